The van der Waals surface area contributed by atoms with Crippen molar-refractivity contribution in [3.8, 4) is 0 Å². The lowest BCUT2D eigenvalue weighted by molar-refractivity contribution is 0.0524. The van der Waals surface area contributed by atoms with Crippen molar-refractivity contribution in [2.45, 2.75) is 26.7 Å². The summed E-state index contributed by atoms with van der Waals surface area (Å²) >= 11 is 0. The predicted octanol–water partition coefficient (Wildman–Crippen LogP) is 1.52. The largest absolute Gasteiger partial charge is 0.460 e. The number of carbonyl (C=O) groups excluding carboxylic acids is 1. The highest BCUT2D eigenvalue weighted by molar-refractivity contribution is 5.96. The number of fused-ring (bicyclic) bond motifs is 1. The third-order valence-corrected chi connectivity index (χ3v) is 2.80. The molecule has 0 N–H and O–H groups in total. The molecule has 92 valence electrons. The first-order valence-electron chi connectivity index (χ1n) is 5.77. The molecule has 0 radical (unpaired) electrons. The second-order valence-electron chi connectivity index (χ2n) is 4.57. The molecule has 0 saturated heterocycles. The number of nitrogens with zero attached hydrogens (tertiary/aromatic N) is 3. The van der Waals surface area contributed by atoms with Gasteiger partial charge in [-0.25, -0.2) is 14.8 Å². The van der Waals surface area contributed by atoms with Gasteiger partial charge in [-0.15, -0.1) is 0 Å². The van der Waals surface area contributed by atoms with Crippen molar-refractivity contribution in [2.24, 2.45) is 0 Å². The SMILES string of the molecule is Cc1nc(C(C)C)c2c(n1)N(C)CCOC2=O. The maximum Gasteiger partial charge on any atom is 0.343 e. The van der Waals surface area contributed by atoms with Gasteiger partial charge in [0.2, 0.25) is 0 Å². The zero-order valence-corrected chi connectivity index (χ0v) is 10.6. The van der Waals surface area contributed by atoms with Crippen molar-refractivity contribution in [3.05, 3.63) is 17.1 Å². The lowest BCUT2D eigenvalue weighted by Crippen LogP contribution is -2.22. The average Bonchev–Trinajstić information content (AvgIpc) is 2.39. The third kappa shape index (κ3) is 2.09. The number of hydrogen-bond acceptors (Lipinski definition) is 5. The van der Waals surface area contributed by atoms with Gasteiger partial charge < -0.3 is 9.64 Å². The molecule has 17 heavy (non-hydrogen) atoms. The highest BCUT2D eigenvalue weighted by Crippen LogP contribution is 2.27. The Kier molecular flexibility index (Phi) is 3.00. The Hall–Kier alpha value is -1.65. The van der Waals surface area contributed by atoms with Crippen molar-refractivity contribution >= 4 is 11.8 Å². The van der Waals surface area contributed by atoms with E-state index in [1.54, 1.807) is 0 Å². The predicted molar refractivity (Wildman–Crippen MR) is 64.4 cm³/mol. The van der Waals surface area contributed by atoms with Gasteiger partial charge in [0.05, 0.1) is 12.2 Å². The summed E-state index contributed by atoms with van der Waals surface area (Å²) < 4.78 is 5.17. The van der Waals surface area contributed by atoms with E-state index in [4.69, 9.17) is 4.74 Å². The molecule has 0 fully saturated rings. The van der Waals surface area contributed by atoms with E-state index in [-0.39, 0.29) is 11.9 Å². The molecule has 0 aliphatic carbocycles. The second kappa shape index (κ2) is 4.31. The van der Waals surface area contributed by atoms with Crippen molar-refractivity contribution < 1.29 is 9.53 Å². The molecule has 0 bridgehead atoms. The number of cyclic esters (lactones) is 1. The molecule has 0 amide bonds. The van der Waals surface area contributed by atoms with Crippen molar-refractivity contribution in [3.63, 3.8) is 0 Å². The fraction of sp³-hybridized carbons (Fsp3) is 0.583. The number of aryl methyl sites for hydroxylation is 1. The number of hydrogen-bond donors (Lipinski definition) is 0. The number of aromatic nitrogens is 2. The van der Waals surface area contributed by atoms with E-state index in [2.05, 4.69) is 9.97 Å². The van der Waals surface area contributed by atoms with Crippen molar-refractivity contribution in [2.75, 3.05) is 25.1 Å². The van der Waals surface area contributed by atoms with Gasteiger partial charge in [-0.05, 0) is 12.8 Å². The van der Waals surface area contributed by atoms with Crippen LogP contribution in [0.4, 0.5) is 5.82 Å². The number of ether oxygens (including phenoxy) is 1. The molecule has 0 unspecified atom stereocenters. The van der Waals surface area contributed by atoms with Gasteiger partial charge >= 0.3 is 5.97 Å². The van der Waals surface area contributed by atoms with Gasteiger partial charge in [-0.3, -0.25) is 0 Å². The summed E-state index contributed by atoms with van der Waals surface area (Å²) in [6.07, 6.45) is 0. The molecule has 1 aromatic heterocycles. The van der Waals surface area contributed by atoms with Gasteiger partial charge in [-0.2, -0.15) is 0 Å². The number of anilines is 1. The normalized spacial score (nSPS) is 15.6. The van der Waals surface area contributed by atoms with Gasteiger partial charge in [-0.1, -0.05) is 13.8 Å². The van der Waals surface area contributed by atoms with Gasteiger partial charge in [0.25, 0.3) is 0 Å². The van der Waals surface area contributed by atoms with Crippen LogP contribution >= 0.6 is 0 Å². The Labute approximate surface area is 101 Å². The van der Waals surface area contributed by atoms with Crippen LogP contribution < -0.4 is 4.90 Å². The molecule has 1 aliphatic rings. The van der Waals surface area contributed by atoms with E-state index in [0.717, 1.165) is 5.69 Å². The van der Waals surface area contributed by atoms with E-state index >= 15 is 0 Å². The molecule has 2 heterocycles. The highest BCUT2D eigenvalue weighted by atomic mass is 16.5. The van der Waals surface area contributed by atoms with Gasteiger partial charge in [0.15, 0.2) is 0 Å². The van der Waals surface area contributed by atoms with E-state index < -0.39 is 0 Å². The number of rotatable bonds is 1. The topological polar surface area (TPSA) is 55.3 Å². The quantitative estimate of drug-likeness (QED) is 0.691. The fourth-order valence-electron chi connectivity index (χ4n) is 1.92. The first-order chi connectivity index (χ1) is 8.00. The summed E-state index contributed by atoms with van der Waals surface area (Å²) in [6.45, 7) is 6.92. The lowest BCUT2D eigenvalue weighted by Gasteiger charge is -2.18. The zero-order chi connectivity index (χ0) is 12.6. The molecule has 0 aromatic carbocycles. The second-order valence-corrected chi connectivity index (χ2v) is 4.57. The molecule has 2 rings (SSSR count). The van der Waals surface area contributed by atoms with E-state index in [0.29, 0.717) is 30.4 Å². The number of likely N-dealkylation sites (N-methyl/N-ethyl adjacent to an activating group) is 1. The molecule has 1 aromatic rings. The summed E-state index contributed by atoms with van der Waals surface area (Å²) in [5.74, 6) is 1.23. The number of esters is 1. The molecule has 0 spiro atoms. The molecule has 1 aliphatic heterocycles. The Morgan fingerprint density at radius 1 is 1.35 bits per heavy atom. The van der Waals surface area contributed by atoms with E-state index in [1.807, 2.05) is 32.7 Å². The van der Waals surface area contributed by atoms with Crippen LogP contribution in [0.25, 0.3) is 0 Å². The summed E-state index contributed by atoms with van der Waals surface area (Å²) in [7, 11) is 1.91. The van der Waals surface area contributed by atoms with E-state index in [1.165, 1.54) is 0 Å². The smallest absolute Gasteiger partial charge is 0.343 e. The van der Waals surface area contributed by atoms with Gasteiger partial charge in [0, 0.05) is 7.05 Å². The van der Waals surface area contributed by atoms with Crippen LogP contribution in [-0.2, 0) is 4.74 Å². The minimum atomic E-state index is -0.312. The van der Waals surface area contributed by atoms with Crippen LogP contribution in [0.1, 0.15) is 41.6 Å². The first-order valence-corrected chi connectivity index (χ1v) is 5.77. The average molecular weight is 235 g/mol. The van der Waals surface area contributed by atoms with Crippen LogP contribution in [-0.4, -0.2) is 36.1 Å². The fourth-order valence-corrected chi connectivity index (χ4v) is 1.92. The minimum Gasteiger partial charge on any atom is -0.460 e. The highest BCUT2D eigenvalue weighted by Gasteiger charge is 2.27. The zero-order valence-electron chi connectivity index (χ0n) is 10.6. The van der Waals surface area contributed by atoms with Crippen molar-refractivity contribution in [1.29, 1.82) is 0 Å². The Bertz CT molecular complexity index is 457. The molecular formula is C12H17N3O2. The third-order valence-electron chi connectivity index (χ3n) is 2.80. The Morgan fingerprint density at radius 2 is 2.06 bits per heavy atom. The maximum atomic E-state index is 12.0. The van der Waals surface area contributed by atoms with Crippen LogP contribution in [0, 0.1) is 6.92 Å². The lowest BCUT2D eigenvalue weighted by atomic mass is 10.0. The molecule has 0 atom stereocenters. The van der Waals surface area contributed by atoms with Gasteiger partial charge in [0.1, 0.15) is 23.8 Å². The first kappa shape index (κ1) is 11.8. The summed E-state index contributed by atoms with van der Waals surface area (Å²) in [6, 6.07) is 0. The molecule has 5 heteroatoms. The summed E-state index contributed by atoms with van der Waals surface area (Å²) in [5, 5.41) is 0. The summed E-state index contributed by atoms with van der Waals surface area (Å²) in [5.41, 5.74) is 1.29. The van der Waals surface area contributed by atoms with Crippen molar-refractivity contribution in [1.82, 2.24) is 9.97 Å². The van der Waals surface area contributed by atoms with Crippen LogP contribution in [0.2, 0.25) is 0 Å². The molecule has 5 nitrogen and oxygen atoms in total. The Morgan fingerprint density at radius 3 is 2.71 bits per heavy atom. The van der Waals surface area contributed by atoms with Crippen LogP contribution in [0.15, 0.2) is 0 Å². The standard InChI is InChI=1S/C12H17N3O2/c1-7(2)10-9-11(14-8(3)13-10)15(4)5-6-17-12(9)16/h7H,5-6H2,1-4H3. The molecule has 0 saturated carbocycles. The molecular weight excluding hydrogens is 218 g/mol. The monoisotopic (exact) mass is 235 g/mol. The minimum absolute atomic E-state index is 0.171. The van der Waals surface area contributed by atoms with E-state index in [9.17, 15) is 4.79 Å². The summed E-state index contributed by atoms with van der Waals surface area (Å²) in [4.78, 5) is 22.6. The number of carbonyl (C=O) groups is 1. The maximum absolute atomic E-state index is 12.0. The van der Waals surface area contributed by atoms with Crippen LogP contribution in [0.5, 0.6) is 0 Å². The Balaban J connectivity index is 2.67. The van der Waals surface area contributed by atoms with Crippen LogP contribution in [0.3, 0.4) is 0 Å².